The minimum absolute atomic E-state index is 0. The summed E-state index contributed by atoms with van der Waals surface area (Å²) in [4.78, 5) is 12.2. The predicted octanol–water partition coefficient (Wildman–Crippen LogP) is 3.62. The molecule has 2 aromatic rings. The Labute approximate surface area is 172 Å². The number of nitrogens with one attached hydrogen (secondary N) is 2. The van der Waals surface area contributed by atoms with Crippen molar-refractivity contribution in [2.45, 2.75) is 33.9 Å². The molecule has 1 heterocycles. The fourth-order valence-corrected chi connectivity index (χ4v) is 3.42. The van der Waals surface area contributed by atoms with Gasteiger partial charge in [0.15, 0.2) is 5.96 Å². The fraction of sp³-hybridized carbons (Fsp3) is 0.444. The Morgan fingerprint density at radius 1 is 1.16 bits per heavy atom. The summed E-state index contributed by atoms with van der Waals surface area (Å²) in [7, 11) is 5.93. The van der Waals surface area contributed by atoms with E-state index in [9.17, 15) is 0 Å². The summed E-state index contributed by atoms with van der Waals surface area (Å²) >= 11 is 1.73. The van der Waals surface area contributed by atoms with Gasteiger partial charge >= 0.3 is 0 Å². The number of benzene rings is 1. The zero-order valence-electron chi connectivity index (χ0n) is 15.8. The molecule has 0 atom stereocenters. The van der Waals surface area contributed by atoms with Crippen LogP contribution in [0.25, 0.3) is 0 Å². The van der Waals surface area contributed by atoms with Gasteiger partial charge in [-0.05, 0) is 38.0 Å². The molecule has 0 aliphatic heterocycles. The van der Waals surface area contributed by atoms with Crippen molar-refractivity contribution in [3.63, 3.8) is 0 Å². The quantitative estimate of drug-likeness (QED) is 0.396. The summed E-state index contributed by atoms with van der Waals surface area (Å²) in [6.45, 7) is 7.67. The minimum Gasteiger partial charge on any atom is -0.377 e. The van der Waals surface area contributed by atoms with E-state index in [-0.39, 0.29) is 24.0 Å². The number of thiazole rings is 1. The summed E-state index contributed by atoms with van der Waals surface area (Å²) in [5, 5.41) is 7.86. The molecule has 0 spiro atoms. The van der Waals surface area contributed by atoms with E-state index in [0.717, 1.165) is 29.8 Å². The molecule has 5 nitrogen and oxygen atoms in total. The van der Waals surface area contributed by atoms with E-state index in [4.69, 9.17) is 0 Å². The van der Waals surface area contributed by atoms with Gasteiger partial charge in [0.2, 0.25) is 0 Å². The lowest BCUT2D eigenvalue weighted by molar-refractivity contribution is 0.809. The normalized spacial score (nSPS) is 11.0. The Morgan fingerprint density at radius 3 is 2.40 bits per heavy atom. The zero-order valence-corrected chi connectivity index (χ0v) is 19.0. The fourth-order valence-electron chi connectivity index (χ4n) is 2.54. The summed E-state index contributed by atoms with van der Waals surface area (Å²) in [5.74, 6) is 0.797. The molecule has 0 fully saturated rings. The number of hydrogen-bond acceptors (Lipinski definition) is 4. The van der Waals surface area contributed by atoms with Crippen LogP contribution in [-0.4, -0.2) is 32.1 Å². The van der Waals surface area contributed by atoms with Gasteiger partial charge in [0.25, 0.3) is 0 Å². The van der Waals surface area contributed by atoms with Crippen molar-refractivity contribution in [3.05, 3.63) is 44.9 Å². The van der Waals surface area contributed by atoms with Gasteiger partial charge < -0.3 is 15.5 Å². The predicted molar refractivity (Wildman–Crippen MR) is 120 cm³/mol. The van der Waals surface area contributed by atoms with E-state index in [1.54, 1.807) is 18.4 Å². The maximum Gasteiger partial charge on any atom is 0.191 e. The van der Waals surface area contributed by atoms with E-state index in [1.807, 2.05) is 13.8 Å². The largest absolute Gasteiger partial charge is 0.377 e. The second-order valence-electron chi connectivity index (χ2n) is 6.05. The van der Waals surface area contributed by atoms with Crippen molar-refractivity contribution in [2.24, 2.45) is 4.99 Å². The number of guanidine groups is 1. The molecule has 0 aliphatic carbocycles. The van der Waals surface area contributed by atoms with Gasteiger partial charge in [0.1, 0.15) is 0 Å². The third kappa shape index (κ3) is 6.14. The molecule has 1 aromatic heterocycles. The van der Waals surface area contributed by atoms with E-state index >= 15 is 0 Å². The Hall–Kier alpha value is -1.35. The molecule has 138 valence electrons. The summed E-state index contributed by atoms with van der Waals surface area (Å²) in [5.41, 5.74) is 4.83. The van der Waals surface area contributed by atoms with E-state index in [1.165, 1.54) is 21.7 Å². The molecule has 2 N–H and O–H groups in total. The average Bonchev–Trinajstić information content (AvgIpc) is 2.86. The van der Waals surface area contributed by atoms with E-state index in [0.29, 0.717) is 0 Å². The van der Waals surface area contributed by atoms with Crippen LogP contribution in [0.2, 0.25) is 0 Å². The molecule has 1 aromatic carbocycles. The van der Waals surface area contributed by atoms with Gasteiger partial charge in [-0.3, -0.25) is 4.99 Å². The maximum atomic E-state index is 4.46. The molecule has 25 heavy (non-hydrogen) atoms. The second-order valence-corrected chi connectivity index (χ2v) is 7.34. The highest BCUT2D eigenvalue weighted by Crippen LogP contribution is 2.20. The van der Waals surface area contributed by atoms with Crippen LogP contribution in [0.3, 0.4) is 0 Å². The molecule has 7 heteroatoms. The van der Waals surface area contributed by atoms with Crippen molar-refractivity contribution in [1.82, 2.24) is 15.6 Å². The second kappa shape index (κ2) is 9.96. The summed E-state index contributed by atoms with van der Waals surface area (Å²) in [6, 6.07) is 6.52. The van der Waals surface area contributed by atoms with Gasteiger partial charge in [0.05, 0.1) is 17.2 Å². The lowest BCUT2D eigenvalue weighted by Crippen LogP contribution is -2.36. The van der Waals surface area contributed by atoms with Gasteiger partial charge in [-0.1, -0.05) is 12.1 Å². The van der Waals surface area contributed by atoms with Crippen LogP contribution >= 0.6 is 35.3 Å². The van der Waals surface area contributed by atoms with Gasteiger partial charge in [-0.2, -0.15) is 0 Å². The van der Waals surface area contributed by atoms with Crippen molar-refractivity contribution in [1.29, 1.82) is 0 Å². The van der Waals surface area contributed by atoms with Crippen LogP contribution in [0.15, 0.2) is 23.2 Å². The van der Waals surface area contributed by atoms with Crippen LogP contribution in [0.1, 0.15) is 26.7 Å². The zero-order chi connectivity index (χ0) is 17.7. The molecule has 0 aliphatic rings. The van der Waals surface area contributed by atoms with Crippen LogP contribution in [-0.2, 0) is 13.1 Å². The first-order valence-electron chi connectivity index (χ1n) is 8.05. The van der Waals surface area contributed by atoms with E-state index < -0.39 is 0 Å². The van der Waals surface area contributed by atoms with Gasteiger partial charge in [0, 0.05) is 38.3 Å². The third-order valence-corrected chi connectivity index (χ3v) is 4.88. The van der Waals surface area contributed by atoms with Gasteiger partial charge in [-0.15, -0.1) is 35.3 Å². The first-order valence-corrected chi connectivity index (χ1v) is 8.86. The highest BCUT2D eigenvalue weighted by atomic mass is 127. The highest BCUT2D eigenvalue weighted by Gasteiger charge is 2.08. The average molecular weight is 473 g/mol. The van der Waals surface area contributed by atoms with Crippen LogP contribution in [0.5, 0.6) is 0 Å². The molecule has 2 rings (SSSR count). The Balaban J connectivity index is 0.00000312. The highest BCUT2D eigenvalue weighted by molar-refractivity contribution is 14.0. The van der Waals surface area contributed by atoms with Crippen molar-refractivity contribution >= 4 is 47.0 Å². The third-order valence-electron chi connectivity index (χ3n) is 3.81. The first kappa shape index (κ1) is 21.7. The van der Waals surface area contributed by atoms with Crippen molar-refractivity contribution in [2.75, 3.05) is 26.0 Å². The molecule has 0 unspecified atom stereocenters. The topological polar surface area (TPSA) is 52.6 Å². The number of halogens is 1. The minimum atomic E-state index is 0. The number of aromatic nitrogens is 1. The lowest BCUT2D eigenvalue weighted by Gasteiger charge is -2.19. The molecule has 0 bridgehead atoms. The standard InChI is InChI=1S/C18H27N5S.HI/c1-12-7-8-15(16(9-12)23(5)6)10-20-18(19-4)21-11-17-13(2)22-14(3)24-17;/h7-9H,10-11H2,1-6H3,(H2,19,20,21);1H. The smallest absolute Gasteiger partial charge is 0.191 e. The molecule has 0 saturated carbocycles. The molecule has 0 saturated heterocycles. The van der Waals surface area contributed by atoms with Crippen LogP contribution in [0.4, 0.5) is 5.69 Å². The summed E-state index contributed by atoms with van der Waals surface area (Å²) in [6.07, 6.45) is 0. The number of aliphatic imine (C=N–C) groups is 1. The van der Waals surface area contributed by atoms with Crippen LogP contribution in [0, 0.1) is 20.8 Å². The monoisotopic (exact) mass is 473 g/mol. The van der Waals surface area contributed by atoms with Crippen LogP contribution < -0.4 is 15.5 Å². The number of aryl methyl sites for hydroxylation is 3. The van der Waals surface area contributed by atoms with Crippen molar-refractivity contribution in [3.8, 4) is 0 Å². The number of anilines is 1. The Morgan fingerprint density at radius 2 is 1.84 bits per heavy atom. The lowest BCUT2D eigenvalue weighted by atomic mass is 10.1. The van der Waals surface area contributed by atoms with E-state index in [2.05, 4.69) is 64.7 Å². The molecular formula is C18H28IN5S. The van der Waals surface area contributed by atoms with Crippen molar-refractivity contribution < 1.29 is 0 Å². The summed E-state index contributed by atoms with van der Waals surface area (Å²) < 4.78 is 0. The number of rotatable bonds is 5. The van der Waals surface area contributed by atoms with Gasteiger partial charge in [-0.25, -0.2) is 4.98 Å². The maximum absolute atomic E-state index is 4.46. The Bertz CT molecular complexity index is 724. The SMILES string of the molecule is CN=C(NCc1ccc(C)cc1N(C)C)NCc1sc(C)nc1C.I. The molecule has 0 radical (unpaired) electrons. The Kier molecular flexibility index (Phi) is 8.64. The molecule has 0 amide bonds. The number of nitrogens with zero attached hydrogens (tertiary/aromatic N) is 3. The molecular weight excluding hydrogens is 445 g/mol. The number of hydrogen-bond donors (Lipinski definition) is 2. The first-order chi connectivity index (χ1) is 11.4.